The molecule has 0 saturated carbocycles. The second-order valence-electron chi connectivity index (χ2n) is 5.22. The number of benzene rings is 1. The van der Waals surface area contributed by atoms with E-state index in [1.54, 1.807) is 19.5 Å². The summed E-state index contributed by atoms with van der Waals surface area (Å²) >= 11 is 1.54. The van der Waals surface area contributed by atoms with Crippen LogP contribution in [0.25, 0.3) is 10.6 Å². The van der Waals surface area contributed by atoms with Crippen molar-refractivity contribution in [2.75, 3.05) is 12.4 Å². The van der Waals surface area contributed by atoms with Crippen LogP contribution in [0.2, 0.25) is 0 Å². The van der Waals surface area contributed by atoms with E-state index in [9.17, 15) is 4.79 Å². The number of aromatic nitrogens is 2. The highest BCUT2D eigenvalue weighted by atomic mass is 32.1. The van der Waals surface area contributed by atoms with Crippen molar-refractivity contribution in [2.45, 2.75) is 13.3 Å². The monoisotopic (exact) mass is 339 g/mol. The Labute approximate surface area is 144 Å². The highest BCUT2D eigenvalue weighted by Crippen LogP contribution is 2.28. The fourth-order valence-electron chi connectivity index (χ4n) is 2.24. The maximum Gasteiger partial charge on any atom is 0.229 e. The van der Waals surface area contributed by atoms with E-state index in [0.29, 0.717) is 6.42 Å². The number of hydrogen-bond donors (Lipinski definition) is 1. The summed E-state index contributed by atoms with van der Waals surface area (Å²) in [6.07, 6.45) is 3.78. The lowest BCUT2D eigenvalue weighted by Crippen LogP contribution is -2.14. The Morgan fingerprint density at radius 2 is 1.88 bits per heavy atom. The van der Waals surface area contributed by atoms with Crippen molar-refractivity contribution in [3.05, 3.63) is 59.4 Å². The van der Waals surface area contributed by atoms with Gasteiger partial charge in [0.05, 0.1) is 19.2 Å². The van der Waals surface area contributed by atoms with Crippen LogP contribution in [-0.4, -0.2) is 23.0 Å². The SMILES string of the molecule is COc1ccc(NC(=O)Cc2sc(-c3ccncc3)nc2C)cc1. The average Bonchev–Trinajstić information content (AvgIpc) is 2.97. The number of anilines is 1. The van der Waals surface area contributed by atoms with Gasteiger partial charge in [-0.3, -0.25) is 9.78 Å². The molecule has 2 heterocycles. The van der Waals surface area contributed by atoms with Crippen LogP contribution in [0.5, 0.6) is 5.75 Å². The van der Waals surface area contributed by atoms with E-state index in [1.807, 2.05) is 43.3 Å². The molecule has 0 atom stereocenters. The van der Waals surface area contributed by atoms with Gasteiger partial charge in [-0.2, -0.15) is 0 Å². The van der Waals surface area contributed by atoms with Crippen LogP contribution < -0.4 is 10.1 Å². The van der Waals surface area contributed by atoms with Crippen LogP contribution in [0.1, 0.15) is 10.6 Å². The van der Waals surface area contributed by atoms with Crippen molar-refractivity contribution < 1.29 is 9.53 Å². The molecule has 0 aliphatic rings. The molecule has 0 radical (unpaired) electrons. The minimum atomic E-state index is -0.0619. The van der Waals surface area contributed by atoms with Crippen LogP contribution in [0.4, 0.5) is 5.69 Å². The number of nitrogens with zero attached hydrogens (tertiary/aromatic N) is 2. The summed E-state index contributed by atoms with van der Waals surface area (Å²) in [4.78, 5) is 21.8. The lowest BCUT2D eigenvalue weighted by atomic mass is 10.2. The number of thiazole rings is 1. The lowest BCUT2D eigenvalue weighted by molar-refractivity contribution is -0.115. The molecule has 122 valence electrons. The van der Waals surface area contributed by atoms with Crippen molar-refractivity contribution >= 4 is 22.9 Å². The zero-order valence-electron chi connectivity index (χ0n) is 13.4. The van der Waals surface area contributed by atoms with Gasteiger partial charge in [-0.1, -0.05) is 0 Å². The average molecular weight is 339 g/mol. The largest absolute Gasteiger partial charge is 0.497 e. The summed E-state index contributed by atoms with van der Waals surface area (Å²) in [6, 6.07) is 11.1. The molecule has 0 unspecified atom stereocenters. The highest BCUT2D eigenvalue weighted by Gasteiger charge is 2.13. The Morgan fingerprint density at radius 1 is 1.17 bits per heavy atom. The van der Waals surface area contributed by atoms with Gasteiger partial charge in [0.15, 0.2) is 0 Å². The van der Waals surface area contributed by atoms with Crippen molar-refractivity contribution in [2.24, 2.45) is 0 Å². The fraction of sp³-hybridized carbons (Fsp3) is 0.167. The molecule has 0 fully saturated rings. The minimum absolute atomic E-state index is 0.0619. The molecule has 0 saturated heterocycles. The number of hydrogen-bond acceptors (Lipinski definition) is 5. The van der Waals surface area contributed by atoms with Gasteiger partial charge in [0.1, 0.15) is 10.8 Å². The number of methoxy groups -OCH3 is 1. The number of ether oxygens (including phenoxy) is 1. The van der Waals surface area contributed by atoms with Crippen molar-refractivity contribution in [1.29, 1.82) is 0 Å². The van der Waals surface area contributed by atoms with E-state index < -0.39 is 0 Å². The summed E-state index contributed by atoms with van der Waals surface area (Å²) in [5.74, 6) is 0.696. The number of pyridine rings is 1. The van der Waals surface area contributed by atoms with Crippen LogP contribution >= 0.6 is 11.3 Å². The Balaban J connectivity index is 1.69. The fourth-order valence-corrected chi connectivity index (χ4v) is 3.30. The summed E-state index contributed by atoms with van der Waals surface area (Å²) in [5.41, 5.74) is 2.65. The van der Waals surface area contributed by atoms with E-state index in [4.69, 9.17) is 4.74 Å². The lowest BCUT2D eigenvalue weighted by Gasteiger charge is -2.05. The molecule has 1 amide bonds. The first-order valence-electron chi connectivity index (χ1n) is 7.46. The molecule has 5 nitrogen and oxygen atoms in total. The van der Waals surface area contributed by atoms with Crippen LogP contribution in [-0.2, 0) is 11.2 Å². The number of carbonyl (C=O) groups excluding carboxylic acids is 1. The van der Waals surface area contributed by atoms with Crippen LogP contribution in [0.3, 0.4) is 0 Å². The van der Waals surface area contributed by atoms with Crippen molar-refractivity contribution in [1.82, 2.24) is 9.97 Å². The van der Waals surface area contributed by atoms with E-state index >= 15 is 0 Å². The van der Waals surface area contributed by atoms with E-state index in [2.05, 4.69) is 15.3 Å². The Hall–Kier alpha value is -2.73. The van der Waals surface area contributed by atoms with Crippen LogP contribution in [0.15, 0.2) is 48.8 Å². The molecule has 2 aromatic heterocycles. The molecule has 3 rings (SSSR count). The predicted octanol–water partition coefficient (Wildman–Crippen LogP) is 3.70. The normalized spacial score (nSPS) is 10.4. The topological polar surface area (TPSA) is 64.1 Å². The zero-order chi connectivity index (χ0) is 16.9. The van der Waals surface area contributed by atoms with E-state index in [0.717, 1.165) is 32.6 Å². The van der Waals surface area contributed by atoms with Gasteiger partial charge in [0.2, 0.25) is 5.91 Å². The second kappa shape index (κ2) is 7.23. The van der Waals surface area contributed by atoms with Crippen LogP contribution in [0, 0.1) is 6.92 Å². The number of carbonyl (C=O) groups is 1. The molecule has 0 aliphatic heterocycles. The number of aryl methyl sites for hydroxylation is 1. The van der Waals surface area contributed by atoms with Crippen molar-refractivity contribution in [3.8, 4) is 16.3 Å². The molecular weight excluding hydrogens is 322 g/mol. The first-order valence-corrected chi connectivity index (χ1v) is 8.28. The number of rotatable bonds is 5. The summed E-state index contributed by atoms with van der Waals surface area (Å²) in [7, 11) is 1.61. The molecule has 6 heteroatoms. The molecule has 3 aromatic rings. The molecule has 1 N–H and O–H groups in total. The Bertz CT molecular complexity index is 829. The smallest absolute Gasteiger partial charge is 0.229 e. The maximum absolute atomic E-state index is 12.3. The molecule has 0 aliphatic carbocycles. The molecular formula is C18H17N3O2S. The third-order valence-electron chi connectivity index (χ3n) is 3.51. The third kappa shape index (κ3) is 3.78. The minimum Gasteiger partial charge on any atom is -0.497 e. The summed E-state index contributed by atoms with van der Waals surface area (Å²) < 4.78 is 5.11. The zero-order valence-corrected chi connectivity index (χ0v) is 14.3. The highest BCUT2D eigenvalue weighted by molar-refractivity contribution is 7.15. The Kier molecular flexibility index (Phi) is 4.86. The Morgan fingerprint density at radius 3 is 2.54 bits per heavy atom. The summed E-state index contributed by atoms with van der Waals surface area (Å²) in [6.45, 7) is 1.93. The van der Waals surface area contributed by atoms with E-state index in [-0.39, 0.29) is 5.91 Å². The van der Waals surface area contributed by atoms with E-state index in [1.165, 1.54) is 11.3 Å². The van der Waals surface area contributed by atoms with Gasteiger partial charge in [0.25, 0.3) is 0 Å². The van der Waals surface area contributed by atoms with Gasteiger partial charge < -0.3 is 10.1 Å². The number of amides is 1. The first kappa shape index (κ1) is 16.1. The molecule has 24 heavy (non-hydrogen) atoms. The van der Waals surface area contributed by atoms with Gasteiger partial charge in [0, 0.05) is 28.5 Å². The summed E-state index contributed by atoms with van der Waals surface area (Å²) in [5, 5.41) is 3.80. The third-order valence-corrected chi connectivity index (χ3v) is 4.72. The quantitative estimate of drug-likeness (QED) is 0.770. The first-order chi connectivity index (χ1) is 11.7. The standard InChI is InChI=1S/C18H17N3O2S/c1-12-16(24-18(20-12)13-7-9-19-10-8-13)11-17(22)21-14-3-5-15(23-2)6-4-14/h3-10H,11H2,1-2H3,(H,21,22). The molecule has 1 aromatic carbocycles. The molecule has 0 bridgehead atoms. The predicted molar refractivity (Wildman–Crippen MR) is 95.4 cm³/mol. The van der Waals surface area contributed by atoms with Gasteiger partial charge in [-0.15, -0.1) is 11.3 Å². The maximum atomic E-state index is 12.3. The van der Waals surface area contributed by atoms with Gasteiger partial charge >= 0.3 is 0 Å². The van der Waals surface area contributed by atoms with Gasteiger partial charge in [-0.05, 0) is 43.3 Å². The number of nitrogens with one attached hydrogen (secondary N) is 1. The second-order valence-corrected chi connectivity index (χ2v) is 6.30. The van der Waals surface area contributed by atoms with Crippen molar-refractivity contribution in [3.63, 3.8) is 0 Å². The molecule has 0 spiro atoms. The van der Waals surface area contributed by atoms with Gasteiger partial charge in [-0.25, -0.2) is 4.98 Å².